The van der Waals surface area contributed by atoms with Crippen LogP contribution in [0.3, 0.4) is 0 Å². The molecule has 33 heavy (non-hydrogen) atoms. The summed E-state index contributed by atoms with van der Waals surface area (Å²) in [6.07, 6.45) is 9.32. The minimum Gasteiger partial charge on any atom is -0.480 e. The standard InChI is InChI=1S/C25H34O8/c1-6-11-24(7-2)30-19(26)17(20(27)31-24)15-23(4,5)14-10-16(3)18-21(28)32-25(33-22(18)29)12-8-9-13-25/h10,14-16,28H,6-9,11-13H2,1-5H3. The Morgan fingerprint density at radius 2 is 1.61 bits per heavy atom. The van der Waals surface area contributed by atoms with Gasteiger partial charge in [-0.1, -0.05) is 52.8 Å². The first kappa shape index (κ1) is 24.9. The van der Waals surface area contributed by atoms with Crippen LogP contribution in [-0.4, -0.2) is 34.6 Å². The number of allylic oxidation sites excluding steroid dienone is 3. The summed E-state index contributed by atoms with van der Waals surface area (Å²) < 4.78 is 22.1. The lowest BCUT2D eigenvalue weighted by molar-refractivity contribution is -0.239. The maximum absolute atomic E-state index is 12.6. The van der Waals surface area contributed by atoms with E-state index in [4.69, 9.17) is 18.9 Å². The fourth-order valence-electron chi connectivity index (χ4n) is 4.44. The van der Waals surface area contributed by atoms with Crippen molar-refractivity contribution in [3.8, 4) is 0 Å². The molecule has 1 unspecified atom stereocenters. The van der Waals surface area contributed by atoms with Gasteiger partial charge in [0.1, 0.15) is 11.1 Å². The molecule has 0 aromatic carbocycles. The zero-order valence-corrected chi connectivity index (χ0v) is 20.1. The minimum atomic E-state index is -1.21. The molecule has 2 aliphatic heterocycles. The Kier molecular flexibility index (Phi) is 6.96. The fraction of sp³-hybridized carbons (Fsp3) is 0.640. The van der Waals surface area contributed by atoms with Crippen molar-refractivity contribution in [2.75, 3.05) is 0 Å². The molecule has 1 saturated carbocycles. The number of esters is 3. The van der Waals surface area contributed by atoms with Crippen molar-refractivity contribution >= 4 is 17.9 Å². The normalized spacial score (nSPS) is 26.2. The minimum absolute atomic E-state index is 0.0380. The summed E-state index contributed by atoms with van der Waals surface area (Å²) in [6, 6.07) is 0. The van der Waals surface area contributed by atoms with Crippen molar-refractivity contribution in [3.63, 3.8) is 0 Å². The van der Waals surface area contributed by atoms with E-state index in [2.05, 4.69) is 0 Å². The number of aliphatic hydroxyl groups is 1. The Bertz CT molecular complexity index is 881. The Morgan fingerprint density at radius 1 is 1.00 bits per heavy atom. The fourth-order valence-corrected chi connectivity index (χ4v) is 4.44. The summed E-state index contributed by atoms with van der Waals surface area (Å²) in [6.45, 7) is 9.06. The molecule has 2 heterocycles. The van der Waals surface area contributed by atoms with Crippen LogP contribution in [0, 0.1) is 11.3 Å². The largest absolute Gasteiger partial charge is 0.480 e. The van der Waals surface area contributed by atoms with Gasteiger partial charge in [-0.15, -0.1) is 0 Å². The van der Waals surface area contributed by atoms with E-state index < -0.39 is 46.8 Å². The highest BCUT2D eigenvalue weighted by molar-refractivity contribution is 6.15. The predicted molar refractivity (Wildman–Crippen MR) is 118 cm³/mol. The summed E-state index contributed by atoms with van der Waals surface area (Å²) in [4.78, 5) is 37.8. The predicted octanol–water partition coefficient (Wildman–Crippen LogP) is 4.75. The summed E-state index contributed by atoms with van der Waals surface area (Å²) in [5.41, 5.74) is -0.875. The number of ether oxygens (including phenoxy) is 4. The molecule has 8 heteroatoms. The number of hydrogen-bond donors (Lipinski definition) is 1. The first-order valence-corrected chi connectivity index (χ1v) is 11.7. The molecule has 3 rings (SSSR count). The lowest BCUT2D eigenvalue weighted by Gasteiger charge is -2.36. The van der Waals surface area contributed by atoms with Crippen molar-refractivity contribution < 1.29 is 38.4 Å². The molecular formula is C25H34O8. The summed E-state index contributed by atoms with van der Waals surface area (Å²) in [5, 5.41) is 10.4. The molecule has 182 valence electrons. The lowest BCUT2D eigenvalue weighted by atomic mass is 9.87. The first-order chi connectivity index (χ1) is 15.5. The molecular weight excluding hydrogens is 428 g/mol. The van der Waals surface area contributed by atoms with E-state index in [0.29, 0.717) is 32.1 Å². The van der Waals surface area contributed by atoms with E-state index in [1.807, 2.05) is 6.92 Å². The Balaban J connectivity index is 1.75. The number of carbonyl (C=O) groups excluding carboxylic acids is 3. The smallest absolute Gasteiger partial charge is 0.348 e. The monoisotopic (exact) mass is 462 g/mol. The third-order valence-electron chi connectivity index (χ3n) is 6.33. The van der Waals surface area contributed by atoms with Gasteiger partial charge in [0.15, 0.2) is 0 Å². The Morgan fingerprint density at radius 3 is 2.12 bits per heavy atom. The van der Waals surface area contributed by atoms with Crippen molar-refractivity contribution in [2.24, 2.45) is 11.3 Å². The van der Waals surface area contributed by atoms with Crippen molar-refractivity contribution in [1.82, 2.24) is 0 Å². The van der Waals surface area contributed by atoms with Gasteiger partial charge in [-0.05, 0) is 19.3 Å². The number of aliphatic hydroxyl groups excluding tert-OH is 1. The number of cyclic esters (lactones) is 2. The van der Waals surface area contributed by atoms with Crippen LogP contribution in [0.4, 0.5) is 0 Å². The zero-order valence-electron chi connectivity index (χ0n) is 20.1. The van der Waals surface area contributed by atoms with Gasteiger partial charge >= 0.3 is 17.9 Å². The van der Waals surface area contributed by atoms with E-state index in [-0.39, 0.29) is 11.1 Å². The third-order valence-corrected chi connectivity index (χ3v) is 6.33. The van der Waals surface area contributed by atoms with Crippen LogP contribution in [0.15, 0.2) is 35.3 Å². The van der Waals surface area contributed by atoms with Crippen LogP contribution in [0.1, 0.15) is 79.6 Å². The molecule has 1 saturated heterocycles. The maximum atomic E-state index is 12.6. The molecule has 0 aromatic rings. The molecule has 3 aliphatic rings. The molecule has 1 spiro atoms. The second kappa shape index (κ2) is 9.23. The topological polar surface area (TPSA) is 108 Å². The maximum Gasteiger partial charge on any atom is 0.348 e. The van der Waals surface area contributed by atoms with E-state index in [1.54, 1.807) is 39.8 Å². The second-order valence-corrected chi connectivity index (χ2v) is 9.65. The van der Waals surface area contributed by atoms with Crippen LogP contribution in [0.2, 0.25) is 0 Å². The highest BCUT2D eigenvalue weighted by Crippen LogP contribution is 2.41. The van der Waals surface area contributed by atoms with Crippen molar-refractivity contribution in [1.29, 1.82) is 0 Å². The number of rotatable bonds is 7. The molecule has 2 fully saturated rings. The molecule has 0 amide bonds. The quantitative estimate of drug-likeness (QED) is 0.250. The molecule has 0 bridgehead atoms. The molecule has 0 aromatic heterocycles. The molecule has 1 aliphatic carbocycles. The van der Waals surface area contributed by atoms with E-state index in [9.17, 15) is 19.5 Å². The van der Waals surface area contributed by atoms with Crippen LogP contribution < -0.4 is 0 Å². The van der Waals surface area contributed by atoms with Crippen molar-refractivity contribution in [3.05, 3.63) is 35.3 Å². The second-order valence-electron chi connectivity index (χ2n) is 9.65. The first-order valence-electron chi connectivity index (χ1n) is 11.7. The van der Waals surface area contributed by atoms with Gasteiger partial charge in [0.25, 0.3) is 17.5 Å². The van der Waals surface area contributed by atoms with Crippen molar-refractivity contribution in [2.45, 2.75) is 91.1 Å². The van der Waals surface area contributed by atoms with Crippen LogP contribution >= 0.6 is 0 Å². The number of hydrogen-bond acceptors (Lipinski definition) is 8. The van der Waals surface area contributed by atoms with Crippen LogP contribution in [0.5, 0.6) is 0 Å². The Labute approximate surface area is 194 Å². The van der Waals surface area contributed by atoms with E-state index in [0.717, 1.165) is 12.8 Å². The van der Waals surface area contributed by atoms with E-state index >= 15 is 0 Å². The third kappa shape index (κ3) is 5.25. The summed E-state index contributed by atoms with van der Waals surface area (Å²) in [5.74, 6) is -5.20. The highest BCUT2D eigenvalue weighted by Gasteiger charge is 2.47. The number of carbonyl (C=O) groups is 3. The molecule has 8 nitrogen and oxygen atoms in total. The molecule has 1 atom stereocenters. The molecule has 0 radical (unpaired) electrons. The highest BCUT2D eigenvalue weighted by atomic mass is 16.8. The molecule has 1 N–H and O–H groups in total. The van der Waals surface area contributed by atoms with Gasteiger partial charge in [-0.3, -0.25) is 0 Å². The average molecular weight is 463 g/mol. The van der Waals surface area contributed by atoms with Gasteiger partial charge in [-0.2, -0.15) is 0 Å². The van der Waals surface area contributed by atoms with Gasteiger partial charge in [0.2, 0.25) is 0 Å². The van der Waals surface area contributed by atoms with Crippen LogP contribution in [0.25, 0.3) is 0 Å². The summed E-state index contributed by atoms with van der Waals surface area (Å²) in [7, 11) is 0. The van der Waals surface area contributed by atoms with Gasteiger partial charge < -0.3 is 24.1 Å². The SMILES string of the molecule is CCCC1(CC)OC(=O)C(=CC(C)(C)C=CC(C)C2=C(O)OC3(CCCC3)OC2=O)C(=O)O1. The van der Waals surface area contributed by atoms with Crippen LogP contribution in [-0.2, 0) is 33.3 Å². The van der Waals surface area contributed by atoms with Gasteiger partial charge in [0, 0.05) is 37.0 Å². The van der Waals surface area contributed by atoms with Gasteiger partial charge in [0.05, 0.1) is 0 Å². The van der Waals surface area contributed by atoms with Gasteiger partial charge in [-0.25, -0.2) is 14.4 Å². The summed E-state index contributed by atoms with van der Waals surface area (Å²) >= 11 is 0. The Hall–Kier alpha value is -2.77. The van der Waals surface area contributed by atoms with E-state index in [1.165, 1.54) is 6.08 Å². The average Bonchev–Trinajstić information content (AvgIpc) is 3.16. The zero-order chi connectivity index (χ0) is 24.4. The lowest BCUT2D eigenvalue weighted by Crippen LogP contribution is -2.46.